The number of carbonyl (C=O) groups excluding carboxylic acids is 1. The highest BCUT2D eigenvalue weighted by molar-refractivity contribution is 9.10. The van der Waals surface area contributed by atoms with E-state index in [-0.39, 0.29) is 18.6 Å². The Hall–Kier alpha value is -0.840. The minimum absolute atomic E-state index is 0.0365. The summed E-state index contributed by atoms with van der Waals surface area (Å²) in [6, 6.07) is 5.58. The SMILES string of the molecule is O=C1c2cc(Br)ccc2CC12CCC(C(F)(F)F)CC2. The van der Waals surface area contributed by atoms with Crippen LogP contribution in [0.5, 0.6) is 0 Å². The Bertz CT molecular complexity index is 557. The van der Waals surface area contributed by atoms with Gasteiger partial charge in [0.1, 0.15) is 0 Å². The van der Waals surface area contributed by atoms with E-state index in [1.807, 2.05) is 12.1 Å². The number of alkyl halides is 3. The number of rotatable bonds is 0. The van der Waals surface area contributed by atoms with E-state index in [1.54, 1.807) is 6.07 Å². The first kappa shape index (κ1) is 14.1. The van der Waals surface area contributed by atoms with E-state index in [9.17, 15) is 18.0 Å². The van der Waals surface area contributed by atoms with Crippen molar-refractivity contribution in [3.63, 3.8) is 0 Å². The fourth-order valence-corrected chi connectivity index (χ4v) is 3.91. The van der Waals surface area contributed by atoms with Gasteiger partial charge in [0, 0.05) is 15.5 Å². The van der Waals surface area contributed by atoms with Gasteiger partial charge in [-0.25, -0.2) is 0 Å². The van der Waals surface area contributed by atoms with Crippen molar-refractivity contribution in [1.29, 1.82) is 0 Å². The number of benzene rings is 1. The molecule has 1 spiro atoms. The van der Waals surface area contributed by atoms with Crippen LogP contribution < -0.4 is 0 Å². The summed E-state index contributed by atoms with van der Waals surface area (Å²) in [6.07, 6.45) is -2.68. The first-order valence-corrected chi connectivity index (χ1v) is 7.51. The van der Waals surface area contributed by atoms with Crippen LogP contribution in [0.3, 0.4) is 0 Å². The van der Waals surface area contributed by atoms with E-state index in [0.717, 1.165) is 10.0 Å². The molecule has 0 heterocycles. The molecule has 1 aromatic carbocycles. The van der Waals surface area contributed by atoms with E-state index in [1.165, 1.54) is 0 Å². The molecule has 1 nitrogen and oxygen atoms in total. The Morgan fingerprint density at radius 2 is 1.85 bits per heavy atom. The predicted molar refractivity (Wildman–Crippen MR) is 72.6 cm³/mol. The highest BCUT2D eigenvalue weighted by atomic mass is 79.9. The zero-order valence-corrected chi connectivity index (χ0v) is 12.4. The van der Waals surface area contributed by atoms with Crippen molar-refractivity contribution in [2.75, 3.05) is 0 Å². The van der Waals surface area contributed by atoms with Gasteiger partial charge in [-0.15, -0.1) is 0 Å². The van der Waals surface area contributed by atoms with E-state index in [0.29, 0.717) is 24.8 Å². The smallest absolute Gasteiger partial charge is 0.294 e. The minimum Gasteiger partial charge on any atom is -0.294 e. The Morgan fingerprint density at radius 1 is 1.20 bits per heavy atom. The molecule has 3 rings (SSSR count). The van der Waals surface area contributed by atoms with Gasteiger partial charge in [-0.3, -0.25) is 4.79 Å². The topological polar surface area (TPSA) is 17.1 Å². The fraction of sp³-hybridized carbons (Fsp3) is 0.533. The summed E-state index contributed by atoms with van der Waals surface area (Å²) in [7, 11) is 0. The van der Waals surface area contributed by atoms with Gasteiger partial charge < -0.3 is 0 Å². The molecule has 0 aliphatic heterocycles. The van der Waals surface area contributed by atoms with Crippen LogP contribution in [0.15, 0.2) is 22.7 Å². The molecule has 0 aromatic heterocycles. The molecule has 1 saturated carbocycles. The minimum atomic E-state index is -4.13. The zero-order chi connectivity index (χ0) is 14.5. The van der Waals surface area contributed by atoms with Gasteiger partial charge in [0.05, 0.1) is 5.92 Å². The van der Waals surface area contributed by atoms with Crippen molar-refractivity contribution in [2.45, 2.75) is 38.3 Å². The predicted octanol–water partition coefficient (Wildman–Crippen LogP) is 4.93. The van der Waals surface area contributed by atoms with Gasteiger partial charge >= 0.3 is 6.18 Å². The monoisotopic (exact) mass is 346 g/mol. The highest BCUT2D eigenvalue weighted by Gasteiger charge is 2.51. The third-order valence-electron chi connectivity index (χ3n) is 4.73. The highest BCUT2D eigenvalue weighted by Crippen LogP contribution is 2.51. The lowest BCUT2D eigenvalue weighted by atomic mass is 9.68. The maximum absolute atomic E-state index is 12.7. The van der Waals surface area contributed by atoms with Crippen LogP contribution in [0.2, 0.25) is 0 Å². The van der Waals surface area contributed by atoms with Crippen molar-refractivity contribution >= 4 is 21.7 Å². The van der Waals surface area contributed by atoms with Gasteiger partial charge in [-0.05, 0) is 49.8 Å². The molecule has 0 N–H and O–H groups in total. The van der Waals surface area contributed by atoms with Crippen molar-refractivity contribution in [2.24, 2.45) is 11.3 Å². The molecule has 0 atom stereocenters. The second kappa shape index (κ2) is 4.58. The van der Waals surface area contributed by atoms with Crippen molar-refractivity contribution in [3.05, 3.63) is 33.8 Å². The molecule has 2 aliphatic rings. The van der Waals surface area contributed by atoms with Gasteiger partial charge in [0.25, 0.3) is 0 Å². The van der Waals surface area contributed by atoms with Crippen LogP contribution in [-0.4, -0.2) is 12.0 Å². The van der Waals surface area contributed by atoms with E-state index >= 15 is 0 Å². The van der Waals surface area contributed by atoms with E-state index < -0.39 is 17.5 Å². The third kappa shape index (κ3) is 2.20. The summed E-state index contributed by atoms with van der Waals surface area (Å²) in [5.41, 5.74) is 1.08. The molecule has 108 valence electrons. The molecule has 1 aromatic rings. The number of Topliss-reactive ketones (excluding diaryl/α,β-unsaturated/α-hetero) is 1. The maximum Gasteiger partial charge on any atom is 0.391 e. The van der Waals surface area contributed by atoms with Gasteiger partial charge in [-0.2, -0.15) is 13.2 Å². The number of halogens is 4. The second-order valence-electron chi connectivity index (χ2n) is 5.90. The largest absolute Gasteiger partial charge is 0.391 e. The van der Waals surface area contributed by atoms with Crippen LogP contribution in [-0.2, 0) is 6.42 Å². The van der Waals surface area contributed by atoms with Crippen LogP contribution in [0.1, 0.15) is 41.6 Å². The summed E-state index contributed by atoms with van der Waals surface area (Å²) in [4.78, 5) is 12.6. The quantitative estimate of drug-likeness (QED) is 0.651. The average Bonchev–Trinajstić information content (AvgIpc) is 2.63. The van der Waals surface area contributed by atoms with Crippen LogP contribution in [0.4, 0.5) is 13.2 Å². The molecular formula is C15H14BrF3O. The maximum atomic E-state index is 12.7. The molecule has 0 unspecified atom stereocenters. The molecule has 0 radical (unpaired) electrons. The lowest BCUT2D eigenvalue weighted by molar-refractivity contribution is -0.185. The molecule has 1 fully saturated rings. The molecule has 20 heavy (non-hydrogen) atoms. The number of fused-ring (bicyclic) bond motifs is 1. The second-order valence-corrected chi connectivity index (χ2v) is 6.82. The Kier molecular flexibility index (Phi) is 3.23. The fourth-order valence-electron chi connectivity index (χ4n) is 3.55. The number of ketones is 1. The van der Waals surface area contributed by atoms with Gasteiger partial charge in [-0.1, -0.05) is 22.0 Å². The first-order valence-electron chi connectivity index (χ1n) is 6.72. The average molecular weight is 347 g/mol. The molecule has 0 amide bonds. The lowest BCUT2D eigenvalue weighted by Gasteiger charge is -2.36. The van der Waals surface area contributed by atoms with Crippen molar-refractivity contribution in [1.82, 2.24) is 0 Å². The number of carbonyl (C=O) groups is 1. The van der Waals surface area contributed by atoms with Crippen LogP contribution in [0, 0.1) is 11.3 Å². The van der Waals surface area contributed by atoms with Crippen molar-refractivity contribution in [3.8, 4) is 0 Å². The number of hydrogen-bond donors (Lipinski definition) is 0. The van der Waals surface area contributed by atoms with Crippen LogP contribution >= 0.6 is 15.9 Å². The summed E-state index contributed by atoms with van der Waals surface area (Å²) in [5, 5.41) is 0. The van der Waals surface area contributed by atoms with Gasteiger partial charge in [0.15, 0.2) is 5.78 Å². The molecular weight excluding hydrogens is 333 g/mol. The summed E-state index contributed by atoms with van der Waals surface area (Å²) < 4.78 is 39.1. The summed E-state index contributed by atoms with van der Waals surface area (Å²) in [6.45, 7) is 0. The first-order chi connectivity index (χ1) is 9.32. The molecule has 0 saturated heterocycles. The normalized spacial score (nSPS) is 29.8. The Labute approximate surface area is 123 Å². The van der Waals surface area contributed by atoms with Crippen molar-refractivity contribution < 1.29 is 18.0 Å². The van der Waals surface area contributed by atoms with E-state index in [4.69, 9.17) is 0 Å². The van der Waals surface area contributed by atoms with Gasteiger partial charge in [0.2, 0.25) is 0 Å². The zero-order valence-electron chi connectivity index (χ0n) is 10.8. The Balaban J connectivity index is 1.83. The molecule has 0 bridgehead atoms. The summed E-state index contributed by atoms with van der Waals surface area (Å²) in [5.74, 6) is -1.20. The number of hydrogen-bond acceptors (Lipinski definition) is 1. The van der Waals surface area contributed by atoms with E-state index in [2.05, 4.69) is 15.9 Å². The third-order valence-corrected chi connectivity index (χ3v) is 5.23. The standard InChI is InChI=1S/C15H14BrF3O/c16-11-2-1-9-8-14(13(20)12(9)7-11)5-3-10(4-6-14)15(17,18)19/h1-2,7,10H,3-6,8H2. The molecule has 2 aliphatic carbocycles. The summed E-state index contributed by atoms with van der Waals surface area (Å²) >= 11 is 3.34. The Morgan fingerprint density at radius 3 is 2.45 bits per heavy atom. The lowest BCUT2D eigenvalue weighted by Crippen LogP contribution is -2.37. The van der Waals surface area contributed by atoms with Crippen LogP contribution in [0.25, 0.3) is 0 Å². The molecule has 5 heteroatoms.